The SMILES string of the molecule is COc1cc(C#N)ccc1NS(=O)(=O)c1ccc(Cl)s1. The van der Waals surface area contributed by atoms with Crippen LogP contribution in [0.15, 0.2) is 34.5 Å². The van der Waals surface area contributed by atoms with Crippen LogP contribution in [-0.4, -0.2) is 15.5 Å². The molecule has 0 aliphatic rings. The molecule has 1 N–H and O–H groups in total. The molecule has 104 valence electrons. The van der Waals surface area contributed by atoms with Crippen LogP contribution in [0.25, 0.3) is 0 Å². The molecular weight excluding hydrogens is 320 g/mol. The number of hydrogen-bond donors (Lipinski definition) is 1. The van der Waals surface area contributed by atoms with Gasteiger partial charge >= 0.3 is 0 Å². The number of benzene rings is 1. The lowest BCUT2D eigenvalue weighted by Crippen LogP contribution is -2.12. The highest BCUT2D eigenvalue weighted by Gasteiger charge is 2.18. The summed E-state index contributed by atoms with van der Waals surface area (Å²) in [5, 5.41) is 8.80. The Morgan fingerprint density at radius 2 is 2.10 bits per heavy atom. The minimum absolute atomic E-state index is 0.105. The summed E-state index contributed by atoms with van der Waals surface area (Å²) in [4.78, 5) is 0. The molecule has 8 heteroatoms. The highest BCUT2D eigenvalue weighted by atomic mass is 35.5. The molecule has 5 nitrogen and oxygen atoms in total. The second-order valence-corrected chi connectivity index (χ2v) is 7.32. The Hall–Kier alpha value is -1.75. The van der Waals surface area contributed by atoms with Gasteiger partial charge in [-0.25, -0.2) is 8.42 Å². The standard InChI is InChI=1S/C12H9ClN2O3S2/c1-18-10-6-8(7-14)2-3-9(10)15-20(16,17)12-5-4-11(13)19-12/h2-6,15H,1H3. The van der Waals surface area contributed by atoms with E-state index in [2.05, 4.69) is 4.72 Å². The van der Waals surface area contributed by atoms with Gasteiger partial charge in [-0.2, -0.15) is 5.26 Å². The lowest BCUT2D eigenvalue weighted by Gasteiger charge is -2.10. The quantitative estimate of drug-likeness (QED) is 0.935. The van der Waals surface area contributed by atoms with E-state index < -0.39 is 10.0 Å². The number of nitriles is 1. The van der Waals surface area contributed by atoms with Crippen LogP contribution in [0.2, 0.25) is 4.34 Å². The third-order valence-corrected chi connectivity index (χ3v) is 5.48. The van der Waals surface area contributed by atoms with Gasteiger partial charge in [0.1, 0.15) is 9.96 Å². The number of nitrogens with zero attached hydrogens (tertiary/aromatic N) is 1. The van der Waals surface area contributed by atoms with Crippen molar-refractivity contribution in [2.75, 3.05) is 11.8 Å². The summed E-state index contributed by atoms with van der Waals surface area (Å²) in [6, 6.07) is 9.32. The van der Waals surface area contributed by atoms with Crippen molar-refractivity contribution >= 4 is 38.6 Å². The van der Waals surface area contributed by atoms with E-state index >= 15 is 0 Å². The second-order valence-electron chi connectivity index (χ2n) is 3.69. The van der Waals surface area contributed by atoms with Gasteiger partial charge in [0.15, 0.2) is 0 Å². The minimum Gasteiger partial charge on any atom is -0.495 e. The molecule has 1 aromatic heterocycles. The smallest absolute Gasteiger partial charge is 0.271 e. The average Bonchev–Trinajstić information content (AvgIpc) is 2.86. The molecule has 2 rings (SSSR count). The molecular formula is C12H9ClN2O3S2. The fourth-order valence-corrected chi connectivity index (χ4v) is 4.04. The van der Waals surface area contributed by atoms with Crippen LogP contribution in [-0.2, 0) is 10.0 Å². The van der Waals surface area contributed by atoms with Gasteiger partial charge in [0.25, 0.3) is 10.0 Å². The summed E-state index contributed by atoms with van der Waals surface area (Å²) in [5.41, 5.74) is 0.639. The average molecular weight is 329 g/mol. The van der Waals surface area contributed by atoms with Gasteiger partial charge in [0.2, 0.25) is 0 Å². The van der Waals surface area contributed by atoms with Crippen LogP contribution < -0.4 is 9.46 Å². The zero-order chi connectivity index (χ0) is 14.8. The van der Waals surface area contributed by atoms with Crippen LogP contribution in [0.1, 0.15) is 5.56 Å². The van der Waals surface area contributed by atoms with Crippen molar-refractivity contribution in [1.82, 2.24) is 0 Å². The number of hydrogen-bond acceptors (Lipinski definition) is 5. The van der Waals surface area contributed by atoms with Crippen LogP contribution in [0.5, 0.6) is 5.75 Å². The van der Waals surface area contributed by atoms with Crippen molar-refractivity contribution in [3.05, 3.63) is 40.2 Å². The molecule has 0 unspecified atom stereocenters. The fourth-order valence-electron chi connectivity index (χ4n) is 1.48. The second kappa shape index (κ2) is 5.71. The molecule has 0 saturated heterocycles. The minimum atomic E-state index is -3.72. The maximum absolute atomic E-state index is 12.2. The Labute approximate surface area is 125 Å². The topological polar surface area (TPSA) is 79.2 Å². The molecule has 0 amide bonds. The molecule has 0 aliphatic heterocycles. The van der Waals surface area contributed by atoms with E-state index in [4.69, 9.17) is 21.6 Å². The monoisotopic (exact) mass is 328 g/mol. The van der Waals surface area contributed by atoms with Crippen LogP contribution in [0.3, 0.4) is 0 Å². The maximum Gasteiger partial charge on any atom is 0.271 e. The van der Waals surface area contributed by atoms with Crippen molar-refractivity contribution < 1.29 is 13.2 Å². The van der Waals surface area contributed by atoms with E-state index in [9.17, 15) is 8.42 Å². The lowest BCUT2D eigenvalue weighted by atomic mass is 10.2. The summed E-state index contributed by atoms with van der Waals surface area (Å²) in [6.07, 6.45) is 0. The normalized spacial score (nSPS) is 10.8. The zero-order valence-electron chi connectivity index (χ0n) is 10.3. The van der Waals surface area contributed by atoms with Gasteiger partial charge < -0.3 is 4.74 Å². The summed E-state index contributed by atoms with van der Waals surface area (Å²) in [5.74, 6) is 0.273. The molecule has 0 aliphatic carbocycles. The van der Waals surface area contributed by atoms with E-state index in [1.807, 2.05) is 6.07 Å². The maximum atomic E-state index is 12.2. The first-order valence-electron chi connectivity index (χ1n) is 5.32. The van der Waals surface area contributed by atoms with Crippen molar-refractivity contribution in [1.29, 1.82) is 5.26 Å². The molecule has 2 aromatic rings. The van der Waals surface area contributed by atoms with E-state index in [1.54, 1.807) is 0 Å². The zero-order valence-corrected chi connectivity index (χ0v) is 12.6. The van der Waals surface area contributed by atoms with Crippen molar-refractivity contribution in [2.24, 2.45) is 0 Å². The Morgan fingerprint density at radius 1 is 1.35 bits per heavy atom. The molecule has 0 bridgehead atoms. The summed E-state index contributed by atoms with van der Waals surface area (Å²) in [7, 11) is -2.32. The first kappa shape index (κ1) is 14.7. The molecule has 20 heavy (non-hydrogen) atoms. The van der Waals surface area contributed by atoms with Crippen molar-refractivity contribution in [3.8, 4) is 11.8 Å². The first-order valence-corrected chi connectivity index (χ1v) is 8.00. The predicted octanol–water partition coefficient (Wildman–Crippen LogP) is 3.08. The number of halogens is 1. The van der Waals surface area contributed by atoms with E-state index in [-0.39, 0.29) is 15.6 Å². The molecule has 0 radical (unpaired) electrons. The number of anilines is 1. The predicted molar refractivity (Wildman–Crippen MR) is 77.8 cm³/mol. The number of sulfonamides is 1. The van der Waals surface area contributed by atoms with Crippen molar-refractivity contribution in [2.45, 2.75) is 4.21 Å². The first-order chi connectivity index (χ1) is 9.46. The van der Waals surface area contributed by atoms with Gasteiger partial charge in [0.05, 0.1) is 28.8 Å². The summed E-state index contributed by atoms with van der Waals surface area (Å²) in [6.45, 7) is 0. The molecule has 0 fully saturated rings. The molecule has 1 heterocycles. The fraction of sp³-hybridized carbons (Fsp3) is 0.0833. The van der Waals surface area contributed by atoms with E-state index in [0.717, 1.165) is 11.3 Å². The third-order valence-electron chi connectivity index (χ3n) is 2.39. The van der Waals surface area contributed by atoms with E-state index in [1.165, 1.54) is 37.4 Å². The highest BCUT2D eigenvalue weighted by molar-refractivity contribution is 7.94. The molecule has 0 atom stereocenters. The molecule has 0 saturated carbocycles. The van der Waals surface area contributed by atoms with Gasteiger partial charge in [-0.15, -0.1) is 11.3 Å². The lowest BCUT2D eigenvalue weighted by molar-refractivity contribution is 0.416. The third kappa shape index (κ3) is 3.04. The van der Waals surface area contributed by atoms with Crippen LogP contribution in [0, 0.1) is 11.3 Å². The Bertz CT molecular complexity index is 778. The number of thiophene rings is 1. The van der Waals surface area contributed by atoms with E-state index in [0.29, 0.717) is 9.90 Å². The Morgan fingerprint density at radius 3 is 2.65 bits per heavy atom. The van der Waals surface area contributed by atoms with Crippen LogP contribution >= 0.6 is 22.9 Å². The molecule has 1 aromatic carbocycles. The van der Waals surface area contributed by atoms with Gasteiger partial charge in [0, 0.05) is 6.07 Å². The highest BCUT2D eigenvalue weighted by Crippen LogP contribution is 2.31. The Kier molecular flexibility index (Phi) is 4.18. The summed E-state index contributed by atoms with van der Waals surface area (Å²) < 4.78 is 32.3. The molecule has 0 spiro atoms. The van der Waals surface area contributed by atoms with Gasteiger partial charge in [-0.3, -0.25) is 4.72 Å². The number of nitrogens with one attached hydrogen (secondary N) is 1. The van der Waals surface area contributed by atoms with Crippen LogP contribution in [0.4, 0.5) is 5.69 Å². The number of rotatable bonds is 4. The number of ether oxygens (including phenoxy) is 1. The number of methoxy groups -OCH3 is 1. The summed E-state index contributed by atoms with van der Waals surface area (Å²) >= 11 is 6.69. The van der Waals surface area contributed by atoms with Gasteiger partial charge in [-0.05, 0) is 24.3 Å². The van der Waals surface area contributed by atoms with Gasteiger partial charge in [-0.1, -0.05) is 11.6 Å². The largest absolute Gasteiger partial charge is 0.495 e. The Balaban J connectivity index is 2.37. The van der Waals surface area contributed by atoms with Crippen molar-refractivity contribution in [3.63, 3.8) is 0 Å².